The van der Waals surface area contributed by atoms with Crippen LogP contribution in [0.4, 0.5) is 0 Å². The molecule has 0 unspecified atom stereocenters. The molecule has 4 heteroatoms. The second-order valence-electron chi connectivity index (χ2n) is 3.65. The molecule has 0 aliphatic carbocycles. The Morgan fingerprint density at radius 1 is 1.35 bits per heavy atom. The minimum atomic E-state index is -0.343. The number of hydrogen-bond acceptors (Lipinski definition) is 4. The van der Waals surface area contributed by atoms with Crippen molar-refractivity contribution in [2.45, 2.75) is 6.04 Å². The lowest BCUT2D eigenvalue weighted by Gasteiger charge is -2.11. The van der Waals surface area contributed by atoms with E-state index >= 15 is 0 Å². The van der Waals surface area contributed by atoms with Crippen molar-refractivity contribution in [3.8, 4) is 0 Å². The Labute approximate surface area is 104 Å². The second-order valence-corrected chi connectivity index (χ2v) is 4.43. The molecule has 3 nitrogen and oxygen atoms in total. The minimum absolute atomic E-state index is 0.203. The first-order valence-electron chi connectivity index (χ1n) is 5.18. The standard InChI is InChI=1S/C13H13NO2S/c1-16-13(15)10-4-2-3-9(7-10)12(14)11-5-6-17-8-11/h2-8,12H,14H2,1H3/t12-/m0/s1. The monoisotopic (exact) mass is 247 g/mol. The molecule has 2 aromatic rings. The molecule has 0 saturated carbocycles. The zero-order valence-corrected chi connectivity index (χ0v) is 10.2. The van der Waals surface area contributed by atoms with Crippen LogP contribution < -0.4 is 5.73 Å². The van der Waals surface area contributed by atoms with Crippen LogP contribution in [-0.4, -0.2) is 13.1 Å². The van der Waals surface area contributed by atoms with Gasteiger partial charge >= 0.3 is 5.97 Å². The third-order valence-electron chi connectivity index (χ3n) is 2.57. The normalized spacial score (nSPS) is 12.1. The molecule has 0 aliphatic heterocycles. The molecule has 2 N–H and O–H groups in total. The molecule has 0 aliphatic rings. The summed E-state index contributed by atoms with van der Waals surface area (Å²) in [5.74, 6) is -0.343. The highest BCUT2D eigenvalue weighted by molar-refractivity contribution is 7.08. The number of thiophene rings is 1. The van der Waals surface area contributed by atoms with Crippen LogP contribution in [0.15, 0.2) is 41.1 Å². The van der Waals surface area contributed by atoms with Crippen LogP contribution >= 0.6 is 11.3 Å². The maximum Gasteiger partial charge on any atom is 0.337 e. The summed E-state index contributed by atoms with van der Waals surface area (Å²) in [6.45, 7) is 0. The predicted molar refractivity (Wildman–Crippen MR) is 68.1 cm³/mol. The molecular formula is C13H13NO2S. The molecular weight excluding hydrogens is 234 g/mol. The van der Waals surface area contributed by atoms with E-state index in [-0.39, 0.29) is 12.0 Å². The van der Waals surface area contributed by atoms with Crippen molar-refractivity contribution < 1.29 is 9.53 Å². The van der Waals surface area contributed by atoms with E-state index in [1.54, 1.807) is 23.5 Å². The molecule has 0 bridgehead atoms. The van der Waals surface area contributed by atoms with Crippen molar-refractivity contribution in [2.75, 3.05) is 7.11 Å². The molecule has 1 aromatic carbocycles. The highest BCUT2D eigenvalue weighted by Crippen LogP contribution is 2.22. The van der Waals surface area contributed by atoms with E-state index in [1.807, 2.05) is 29.0 Å². The van der Waals surface area contributed by atoms with Gasteiger partial charge in [0.25, 0.3) is 0 Å². The minimum Gasteiger partial charge on any atom is -0.465 e. The number of nitrogens with two attached hydrogens (primary N) is 1. The Kier molecular flexibility index (Phi) is 3.56. The van der Waals surface area contributed by atoms with Crippen molar-refractivity contribution in [1.29, 1.82) is 0 Å². The summed E-state index contributed by atoms with van der Waals surface area (Å²) in [5.41, 5.74) is 8.61. The quantitative estimate of drug-likeness (QED) is 0.848. The largest absolute Gasteiger partial charge is 0.465 e. The van der Waals surface area contributed by atoms with Gasteiger partial charge in [-0.05, 0) is 40.1 Å². The van der Waals surface area contributed by atoms with Gasteiger partial charge in [0, 0.05) is 0 Å². The summed E-state index contributed by atoms with van der Waals surface area (Å²) in [6, 6.07) is 9.00. The fourth-order valence-electron chi connectivity index (χ4n) is 1.62. The van der Waals surface area contributed by atoms with E-state index in [4.69, 9.17) is 5.73 Å². The van der Waals surface area contributed by atoms with Gasteiger partial charge in [-0.15, -0.1) is 0 Å². The number of benzene rings is 1. The van der Waals surface area contributed by atoms with Crippen molar-refractivity contribution in [2.24, 2.45) is 5.73 Å². The maximum absolute atomic E-state index is 11.4. The highest BCUT2D eigenvalue weighted by atomic mass is 32.1. The molecule has 0 spiro atoms. The Bertz CT molecular complexity index is 508. The molecule has 1 aromatic heterocycles. The number of carbonyl (C=O) groups is 1. The fraction of sp³-hybridized carbons (Fsp3) is 0.154. The van der Waals surface area contributed by atoms with Crippen LogP contribution in [0, 0.1) is 0 Å². The Balaban J connectivity index is 2.30. The third-order valence-corrected chi connectivity index (χ3v) is 3.27. The van der Waals surface area contributed by atoms with Crippen molar-refractivity contribution in [3.63, 3.8) is 0 Å². The topological polar surface area (TPSA) is 52.3 Å². The molecule has 0 fully saturated rings. The molecule has 1 atom stereocenters. The fourth-order valence-corrected chi connectivity index (χ4v) is 2.32. The van der Waals surface area contributed by atoms with Gasteiger partial charge in [-0.25, -0.2) is 4.79 Å². The van der Waals surface area contributed by atoms with Gasteiger partial charge in [-0.3, -0.25) is 0 Å². The molecule has 1 heterocycles. The van der Waals surface area contributed by atoms with Crippen LogP contribution in [0.1, 0.15) is 27.5 Å². The number of carbonyl (C=O) groups excluding carboxylic acids is 1. The van der Waals surface area contributed by atoms with E-state index in [1.165, 1.54) is 7.11 Å². The molecule has 88 valence electrons. The first-order chi connectivity index (χ1) is 8.22. The lowest BCUT2D eigenvalue weighted by Crippen LogP contribution is -2.12. The van der Waals surface area contributed by atoms with Crippen molar-refractivity contribution in [3.05, 3.63) is 57.8 Å². The number of ether oxygens (including phenoxy) is 1. The van der Waals surface area contributed by atoms with Crippen LogP contribution in [0.3, 0.4) is 0 Å². The average molecular weight is 247 g/mol. The predicted octanol–water partition coefficient (Wildman–Crippen LogP) is 2.58. The van der Waals surface area contributed by atoms with Gasteiger partial charge in [0.15, 0.2) is 0 Å². The van der Waals surface area contributed by atoms with Crippen molar-refractivity contribution in [1.82, 2.24) is 0 Å². The lowest BCUT2D eigenvalue weighted by atomic mass is 10.0. The Morgan fingerprint density at radius 3 is 2.82 bits per heavy atom. The third kappa shape index (κ3) is 2.54. The molecule has 2 rings (SSSR count). The zero-order valence-electron chi connectivity index (χ0n) is 9.42. The number of hydrogen-bond donors (Lipinski definition) is 1. The number of rotatable bonds is 3. The van der Waals surface area contributed by atoms with E-state index < -0.39 is 0 Å². The lowest BCUT2D eigenvalue weighted by molar-refractivity contribution is 0.0600. The molecule has 0 saturated heterocycles. The molecule has 0 amide bonds. The van der Waals surface area contributed by atoms with Gasteiger partial charge < -0.3 is 10.5 Å². The van der Waals surface area contributed by atoms with Gasteiger partial charge in [-0.1, -0.05) is 12.1 Å². The average Bonchev–Trinajstić information content (AvgIpc) is 2.91. The number of esters is 1. The van der Waals surface area contributed by atoms with Gasteiger partial charge in [0.05, 0.1) is 18.7 Å². The van der Waals surface area contributed by atoms with Crippen LogP contribution in [0.5, 0.6) is 0 Å². The number of methoxy groups -OCH3 is 1. The van der Waals surface area contributed by atoms with Crippen molar-refractivity contribution >= 4 is 17.3 Å². The van der Waals surface area contributed by atoms with Crippen LogP contribution in [0.25, 0.3) is 0 Å². The van der Waals surface area contributed by atoms with Gasteiger partial charge in [0.1, 0.15) is 0 Å². The summed E-state index contributed by atoms with van der Waals surface area (Å²) in [4.78, 5) is 11.4. The highest BCUT2D eigenvalue weighted by Gasteiger charge is 2.12. The van der Waals surface area contributed by atoms with E-state index in [2.05, 4.69) is 4.74 Å². The van der Waals surface area contributed by atoms with Crippen LogP contribution in [-0.2, 0) is 4.74 Å². The summed E-state index contributed by atoms with van der Waals surface area (Å²) in [5, 5.41) is 3.99. The summed E-state index contributed by atoms with van der Waals surface area (Å²) in [6.07, 6.45) is 0. The van der Waals surface area contributed by atoms with E-state index in [9.17, 15) is 4.79 Å². The smallest absolute Gasteiger partial charge is 0.337 e. The van der Waals surface area contributed by atoms with Crippen LogP contribution in [0.2, 0.25) is 0 Å². The molecule has 17 heavy (non-hydrogen) atoms. The van der Waals surface area contributed by atoms with Gasteiger partial charge in [-0.2, -0.15) is 11.3 Å². The summed E-state index contributed by atoms with van der Waals surface area (Å²) < 4.78 is 4.68. The van der Waals surface area contributed by atoms with E-state index in [0.29, 0.717) is 5.56 Å². The second kappa shape index (κ2) is 5.12. The SMILES string of the molecule is COC(=O)c1cccc([C@H](N)c2ccsc2)c1. The summed E-state index contributed by atoms with van der Waals surface area (Å²) in [7, 11) is 1.37. The molecule has 0 radical (unpaired) electrons. The first-order valence-corrected chi connectivity index (χ1v) is 6.12. The summed E-state index contributed by atoms with van der Waals surface area (Å²) >= 11 is 1.61. The Morgan fingerprint density at radius 2 is 2.18 bits per heavy atom. The maximum atomic E-state index is 11.4. The Hall–Kier alpha value is -1.65. The first kappa shape index (κ1) is 11.8. The van der Waals surface area contributed by atoms with Gasteiger partial charge in [0.2, 0.25) is 0 Å². The van der Waals surface area contributed by atoms with E-state index in [0.717, 1.165) is 11.1 Å². The zero-order chi connectivity index (χ0) is 12.3.